The van der Waals surface area contributed by atoms with Crippen molar-refractivity contribution in [3.8, 4) is 0 Å². The molecule has 0 aromatic heterocycles. The molecule has 3 rings (SSSR count). The molecular formula is C15H15N3O8S. The Labute approximate surface area is 153 Å². The molecule has 0 unspecified atom stereocenters. The highest BCUT2D eigenvalue weighted by Crippen LogP contribution is 2.35. The van der Waals surface area contributed by atoms with Crippen molar-refractivity contribution in [3.05, 3.63) is 35.9 Å². The van der Waals surface area contributed by atoms with E-state index in [0.717, 1.165) is 5.56 Å². The molecule has 4 amide bonds. The Morgan fingerprint density at radius 2 is 1.74 bits per heavy atom. The van der Waals surface area contributed by atoms with Crippen LogP contribution >= 0.6 is 0 Å². The molecule has 2 aliphatic heterocycles. The zero-order valence-electron chi connectivity index (χ0n) is 13.8. The number of β-lactam (4-membered cyclic amide) rings is 1. The first-order chi connectivity index (χ1) is 12.7. The third-order valence-corrected chi connectivity index (χ3v) is 5.05. The lowest BCUT2D eigenvalue weighted by atomic mass is 9.94. The fraction of sp³-hybridized carbons (Fsp3) is 0.333. The molecule has 12 heteroatoms. The van der Waals surface area contributed by atoms with Gasteiger partial charge in [0.15, 0.2) is 12.1 Å². The van der Waals surface area contributed by atoms with Crippen molar-refractivity contribution in [1.82, 2.24) is 14.7 Å². The highest BCUT2D eigenvalue weighted by molar-refractivity contribution is 7.84. The van der Waals surface area contributed by atoms with Crippen LogP contribution in [0.1, 0.15) is 18.4 Å². The maximum Gasteiger partial charge on any atom is 0.364 e. The number of hydrogen-bond donors (Lipinski definition) is 2. The molecule has 2 fully saturated rings. The summed E-state index contributed by atoms with van der Waals surface area (Å²) in [5, 5.41) is 0. The van der Waals surface area contributed by atoms with Gasteiger partial charge in [0.05, 0.1) is 6.61 Å². The lowest BCUT2D eigenvalue weighted by molar-refractivity contribution is -0.173. The Morgan fingerprint density at radius 3 is 2.30 bits per heavy atom. The molecule has 2 aliphatic rings. The van der Waals surface area contributed by atoms with Crippen molar-refractivity contribution < 1.29 is 37.0 Å². The number of imide groups is 1. The Morgan fingerprint density at radius 1 is 1.15 bits per heavy atom. The van der Waals surface area contributed by atoms with Crippen molar-refractivity contribution in [2.75, 3.05) is 0 Å². The number of likely N-dealkylation sites (tertiary alicyclic amines) is 1. The summed E-state index contributed by atoms with van der Waals surface area (Å²) in [6.07, 6.45) is -2.11. The molecule has 0 bridgehead atoms. The molecule has 0 saturated carbocycles. The van der Waals surface area contributed by atoms with Gasteiger partial charge in [-0.1, -0.05) is 30.3 Å². The fourth-order valence-electron chi connectivity index (χ4n) is 2.92. The van der Waals surface area contributed by atoms with Gasteiger partial charge in [0.2, 0.25) is 11.8 Å². The minimum Gasteiger partial charge on any atom is -0.274 e. The molecule has 0 spiro atoms. The molecule has 1 aromatic rings. The minimum atomic E-state index is -5.06. The van der Waals surface area contributed by atoms with Gasteiger partial charge in [0.1, 0.15) is 0 Å². The summed E-state index contributed by atoms with van der Waals surface area (Å²) < 4.78 is 32.0. The second kappa shape index (κ2) is 7.06. The number of amides is 4. The zero-order valence-corrected chi connectivity index (χ0v) is 14.6. The number of benzene rings is 1. The maximum absolute atomic E-state index is 12.3. The largest absolute Gasteiger partial charge is 0.364 e. The predicted molar refractivity (Wildman–Crippen MR) is 86.1 cm³/mol. The standard InChI is InChI=1S/C15H15N3O8S/c19-10-6-7-11(20)17(10)14-12(15(22)18(14)27(23,24)25)13(21)16-26-8-9-4-2-1-3-5-9/h1-5,12,14H,6-8H2,(H,16,21)(H,23,24,25)/t12-,14+/m1/s1. The van der Waals surface area contributed by atoms with E-state index in [4.69, 9.17) is 4.84 Å². The molecule has 1 aromatic carbocycles. The number of carbonyl (C=O) groups excluding carboxylic acids is 4. The molecule has 2 atom stereocenters. The van der Waals surface area contributed by atoms with Crippen LogP contribution in [0.2, 0.25) is 0 Å². The van der Waals surface area contributed by atoms with E-state index in [0.29, 0.717) is 4.90 Å². The first-order valence-corrected chi connectivity index (χ1v) is 9.22. The summed E-state index contributed by atoms with van der Waals surface area (Å²) in [4.78, 5) is 53.7. The summed E-state index contributed by atoms with van der Waals surface area (Å²) in [5.74, 6) is -5.49. The predicted octanol–water partition coefficient (Wildman–Crippen LogP) is -1.03. The molecular weight excluding hydrogens is 382 g/mol. The maximum atomic E-state index is 12.3. The van der Waals surface area contributed by atoms with Crippen LogP contribution in [-0.4, -0.2) is 52.0 Å². The van der Waals surface area contributed by atoms with Gasteiger partial charge in [-0.15, -0.1) is 0 Å². The van der Waals surface area contributed by atoms with Gasteiger partial charge in [0, 0.05) is 12.8 Å². The summed E-state index contributed by atoms with van der Waals surface area (Å²) in [6, 6.07) is 8.74. The van der Waals surface area contributed by atoms with Crippen molar-refractivity contribution in [1.29, 1.82) is 0 Å². The van der Waals surface area contributed by atoms with Crippen molar-refractivity contribution in [2.45, 2.75) is 25.6 Å². The van der Waals surface area contributed by atoms with Crippen LogP contribution in [0.15, 0.2) is 30.3 Å². The van der Waals surface area contributed by atoms with Gasteiger partial charge in [-0.3, -0.25) is 33.5 Å². The van der Waals surface area contributed by atoms with Gasteiger partial charge in [-0.25, -0.2) is 5.48 Å². The molecule has 27 heavy (non-hydrogen) atoms. The number of nitrogens with one attached hydrogen (secondary N) is 1. The molecule has 2 N–H and O–H groups in total. The number of carbonyl (C=O) groups is 4. The SMILES string of the molecule is O=C(NOCc1ccccc1)[C@H]1C(=O)N(S(=O)(=O)O)[C@@H]1N1C(=O)CCC1=O. The first kappa shape index (κ1) is 18.9. The number of hydrogen-bond acceptors (Lipinski definition) is 7. The van der Waals surface area contributed by atoms with E-state index in [1.165, 1.54) is 0 Å². The van der Waals surface area contributed by atoms with Gasteiger partial charge < -0.3 is 0 Å². The van der Waals surface area contributed by atoms with Gasteiger partial charge in [0.25, 0.3) is 11.8 Å². The van der Waals surface area contributed by atoms with E-state index >= 15 is 0 Å². The summed E-state index contributed by atoms with van der Waals surface area (Å²) >= 11 is 0. The summed E-state index contributed by atoms with van der Waals surface area (Å²) in [6.45, 7) is -0.0260. The van der Waals surface area contributed by atoms with E-state index in [2.05, 4.69) is 0 Å². The van der Waals surface area contributed by atoms with Crippen LogP contribution in [0, 0.1) is 5.92 Å². The Balaban J connectivity index is 1.74. The Kier molecular flexibility index (Phi) is 4.95. The van der Waals surface area contributed by atoms with E-state index in [-0.39, 0.29) is 23.8 Å². The highest BCUT2D eigenvalue weighted by atomic mass is 32.2. The second-order valence-corrected chi connectivity index (χ2v) is 7.19. The Bertz CT molecular complexity index is 885. The lowest BCUT2D eigenvalue weighted by Crippen LogP contribution is -2.73. The fourth-order valence-corrected chi connectivity index (χ4v) is 3.75. The zero-order chi connectivity index (χ0) is 19.8. The topological polar surface area (TPSA) is 150 Å². The monoisotopic (exact) mass is 397 g/mol. The molecule has 0 aliphatic carbocycles. The normalized spacial score (nSPS) is 22.8. The van der Waals surface area contributed by atoms with Crippen molar-refractivity contribution in [3.63, 3.8) is 0 Å². The van der Waals surface area contributed by atoms with E-state index in [1.807, 2.05) is 5.48 Å². The Hall–Kier alpha value is -2.83. The van der Waals surface area contributed by atoms with E-state index in [9.17, 15) is 32.1 Å². The molecule has 2 heterocycles. The third kappa shape index (κ3) is 3.54. The number of hydroxylamine groups is 1. The van der Waals surface area contributed by atoms with Crippen LogP contribution in [0.4, 0.5) is 0 Å². The van der Waals surface area contributed by atoms with Gasteiger partial charge >= 0.3 is 10.3 Å². The van der Waals surface area contributed by atoms with E-state index < -0.39 is 46.0 Å². The van der Waals surface area contributed by atoms with Crippen molar-refractivity contribution in [2.24, 2.45) is 5.92 Å². The first-order valence-electron chi connectivity index (χ1n) is 7.83. The second-order valence-electron chi connectivity index (χ2n) is 5.90. The van der Waals surface area contributed by atoms with Crippen LogP contribution in [-0.2, 0) is 40.9 Å². The van der Waals surface area contributed by atoms with Gasteiger partial charge in [-0.2, -0.15) is 12.7 Å². The third-order valence-electron chi connectivity index (χ3n) is 4.16. The van der Waals surface area contributed by atoms with Crippen LogP contribution in [0.3, 0.4) is 0 Å². The molecule has 144 valence electrons. The lowest BCUT2D eigenvalue weighted by Gasteiger charge is -2.46. The molecule has 2 saturated heterocycles. The van der Waals surface area contributed by atoms with Crippen molar-refractivity contribution >= 4 is 33.9 Å². The average Bonchev–Trinajstić information content (AvgIpc) is 2.90. The van der Waals surface area contributed by atoms with Crippen LogP contribution in [0.5, 0.6) is 0 Å². The number of rotatable bonds is 6. The van der Waals surface area contributed by atoms with Gasteiger partial charge in [-0.05, 0) is 5.56 Å². The summed E-state index contributed by atoms with van der Waals surface area (Å²) in [7, 11) is -5.06. The summed E-state index contributed by atoms with van der Waals surface area (Å²) in [5.41, 5.74) is 2.73. The van der Waals surface area contributed by atoms with E-state index in [1.54, 1.807) is 30.3 Å². The minimum absolute atomic E-state index is 0.0260. The molecule has 11 nitrogen and oxygen atoms in total. The average molecular weight is 397 g/mol. The van der Waals surface area contributed by atoms with Crippen LogP contribution < -0.4 is 5.48 Å². The molecule has 0 radical (unpaired) electrons. The smallest absolute Gasteiger partial charge is 0.274 e. The highest BCUT2D eigenvalue weighted by Gasteiger charge is 2.62. The number of nitrogens with zero attached hydrogens (tertiary/aromatic N) is 2. The quantitative estimate of drug-likeness (QED) is 0.203. The van der Waals surface area contributed by atoms with Crippen LogP contribution in [0.25, 0.3) is 0 Å².